The summed E-state index contributed by atoms with van der Waals surface area (Å²) in [7, 11) is 0. The number of nitrogens with one attached hydrogen (secondary N) is 4. The molecule has 2 aromatic rings. The summed E-state index contributed by atoms with van der Waals surface area (Å²) in [6, 6.07) is 15.9. The molecule has 1 aliphatic carbocycles. The summed E-state index contributed by atoms with van der Waals surface area (Å²) in [4.78, 5) is 58.5. The van der Waals surface area contributed by atoms with Gasteiger partial charge >= 0.3 is 12.1 Å². The highest BCUT2D eigenvalue weighted by molar-refractivity contribution is 5.89. The number of hydrogen-bond acceptors (Lipinski definition) is 10. The first-order valence-electron chi connectivity index (χ1n) is 15.3. The predicted octanol–water partition coefficient (Wildman–Crippen LogP) is 0.415. The van der Waals surface area contributed by atoms with Gasteiger partial charge in [0.2, 0.25) is 17.7 Å². The lowest BCUT2D eigenvalue weighted by Gasteiger charge is -2.14. The molecule has 15 nitrogen and oxygen atoms in total. The third-order valence-electron chi connectivity index (χ3n) is 6.77. The van der Waals surface area contributed by atoms with E-state index in [0.29, 0.717) is 39.6 Å². The van der Waals surface area contributed by atoms with Crippen LogP contribution in [0.4, 0.5) is 4.79 Å². The van der Waals surface area contributed by atoms with Crippen molar-refractivity contribution in [3.63, 3.8) is 0 Å². The first kappa shape index (κ1) is 36.9. The van der Waals surface area contributed by atoms with Crippen molar-refractivity contribution in [3.8, 4) is 11.1 Å². The summed E-state index contributed by atoms with van der Waals surface area (Å²) in [5.41, 5.74) is 4.36. The Morgan fingerprint density at radius 3 is 1.55 bits per heavy atom. The van der Waals surface area contributed by atoms with Crippen molar-refractivity contribution in [2.75, 3.05) is 85.6 Å². The molecule has 0 radical (unpaired) electrons. The molecule has 0 saturated heterocycles. The Morgan fingerprint density at radius 1 is 0.574 bits per heavy atom. The van der Waals surface area contributed by atoms with Crippen molar-refractivity contribution in [1.82, 2.24) is 21.3 Å². The number of carboxylic acid groups (broad SMARTS) is 1. The second kappa shape index (κ2) is 21.3. The van der Waals surface area contributed by atoms with Crippen LogP contribution >= 0.6 is 0 Å². The fraction of sp³-hybridized carbons (Fsp3) is 0.469. The summed E-state index contributed by atoms with van der Waals surface area (Å²) < 4.78 is 26.5. The number of alkyl carbamates (subject to hydrolysis) is 1. The van der Waals surface area contributed by atoms with Gasteiger partial charge in [0, 0.05) is 12.5 Å². The topological polar surface area (TPSA) is 200 Å². The van der Waals surface area contributed by atoms with Crippen molar-refractivity contribution in [1.29, 1.82) is 0 Å². The Bertz CT molecular complexity index is 1280. The summed E-state index contributed by atoms with van der Waals surface area (Å²) >= 11 is 0. The number of ether oxygens (including phenoxy) is 5. The maximum absolute atomic E-state index is 12.2. The first-order chi connectivity index (χ1) is 22.8. The largest absolute Gasteiger partial charge is 0.481 e. The van der Waals surface area contributed by atoms with Crippen molar-refractivity contribution < 1.29 is 52.8 Å². The van der Waals surface area contributed by atoms with Crippen molar-refractivity contribution in [2.24, 2.45) is 0 Å². The van der Waals surface area contributed by atoms with E-state index in [1.165, 1.54) is 0 Å². The highest BCUT2D eigenvalue weighted by Gasteiger charge is 2.29. The minimum absolute atomic E-state index is 0.0414. The van der Waals surface area contributed by atoms with Gasteiger partial charge in [-0.2, -0.15) is 0 Å². The van der Waals surface area contributed by atoms with Gasteiger partial charge < -0.3 is 50.1 Å². The number of amides is 4. The van der Waals surface area contributed by atoms with Crippen LogP contribution in [0.2, 0.25) is 0 Å². The average molecular weight is 659 g/mol. The Balaban J connectivity index is 1.12. The first-order valence-corrected chi connectivity index (χ1v) is 15.3. The van der Waals surface area contributed by atoms with E-state index in [4.69, 9.17) is 28.8 Å². The number of carbonyl (C=O) groups is 5. The SMILES string of the molecule is O=C(O)CCOCCOCCOCCOCCNC(=O)CNC(=O)CNC(=O)CNC(=O)OCC1c2ccccc2-c2ccccc21. The van der Waals surface area contributed by atoms with Crippen molar-refractivity contribution >= 4 is 29.8 Å². The molecular weight excluding hydrogens is 616 g/mol. The zero-order valence-electron chi connectivity index (χ0n) is 26.1. The third kappa shape index (κ3) is 14.2. The normalized spacial score (nSPS) is 11.7. The number of benzene rings is 2. The van der Waals surface area contributed by atoms with E-state index in [9.17, 15) is 24.0 Å². The highest BCUT2D eigenvalue weighted by atomic mass is 16.6. The zero-order valence-corrected chi connectivity index (χ0v) is 26.1. The van der Waals surface area contributed by atoms with Gasteiger partial charge in [-0.15, -0.1) is 0 Å². The van der Waals surface area contributed by atoms with Gasteiger partial charge in [-0.1, -0.05) is 48.5 Å². The lowest BCUT2D eigenvalue weighted by molar-refractivity contribution is -0.138. The fourth-order valence-corrected chi connectivity index (χ4v) is 4.53. The standard InChI is InChI=1S/C32H42N4O11/c37-28(33-10-12-44-14-16-46-18-17-45-15-13-43-11-9-31(40)41)19-34-29(38)20-35-30(39)21-36-32(42)47-22-27-25-7-3-1-5-23(25)24-6-2-4-8-26(24)27/h1-8,27H,9-22H2,(H,33,37)(H,34,38)(H,35,39)(H,36,42)(H,40,41). The highest BCUT2D eigenvalue weighted by Crippen LogP contribution is 2.44. The van der Waals surface area contributed by atoms with Gasteiger partial charge in [-0.25, -0.2) is 4.79 Å². The van der Waals surface area contributed by atoms with E-state index in [1.54, 1.807) is 0 Å². The molecule has 0 aliphatic heterocycles. The van der Waals surface area contributed by atoms with Crippen LogP contribution in [0.3, 0.4) is 0 Å². The Labute approximate surface area is 272 Å². The van der Waals surface area contributed by atoms with E-state index in [1.807, 2.05) is 48.5 Å². The molecular formula is C32H42N4O11. The molecule has 0 saturated carbocycles. The molecule has 15 heteroatoms. The van der Waals surface area contributed by atoms with Gasteiger partial charge in [0.25, 0.3) is 0 Å². The van der Waals surface area contributed by atoms with Crippen LogP contribution in [0.5, 0.6) is 0 Å². The quantitative estimate of drug-likeness (QED) is 0.104. The molecule has 256 valence electrons. The minimum Gasteiger partial charge on any atom is -0.481 e. The molecule has 47 heavy (non-hydrogen) atoms. The third-order valence-corrected chi connectivity index (χ3v) is 6.77. The van der Waals surface area contributed by atoms with Gasteiger partial charge in [-0.3, -0.25) is 19.2 Å². The Hall–Kier alpha value is -4.57. The molecule has 0 atom stereocenters. The van der Waals surface area contributed by atoms with Gasteiger partial charge in [0.15, 0.2) is 0 Å². The molecule has 0 bridgehead atoms. The molecule has 3 rings (SSSR count). The van der Waals surface area contributed by atoms with Crippen molar-refractivity contribution in [3.05, 3.63) is 59.7 Å². The van der Waals surface area contributed by atoms with Crippen LogP contribution in [-0.2, 0) is 42.9 Å². The molecule has 0 spiro atoms. The van der Waals surface area contributed by atoms with E-state index in [0.717, 1.165) is 22.3 Å². The van der Waals surface area contributed by atoms with Crippen LogP contribution in [0.25, 0.3) is 11.1 Å². The van der Waals surface area contributed by atoms with Gasteiger partial charge in [0.1, 0.15) is 13.2 Å². The maximum atomic E-state index is 12.2. The predicted molar refractivity (Wildman–Crippen MR) is 168 cm³/mol. The monoisotopic (exact) mass is 658 g/mol. The molecule has 2 aromatic carbocycles. The summed E-state index contributed by atoms with van der Waals surface area (Å²) in [6.45, 7) is 1.77. The molecule has 0 aromatic heterocycles. The average Bonchev–Trinajstić information content (AvgIpc) is 3.39. The summed E-state index contributed by atoms with van der Waals surface area (Å²) in [5.74, 6) is -2.60. The fourth-order valence-electron chi connectivity index (χ4n) is 4.53. The lowest BCUT2D eigenvalue weighted by Crippen LogP contribution is -2.44. The molecule has 0 heterocycles. The summed E-state index contributed by atoms with van der Waals surface area (Å²) in [6.07, 6.45) is -0.792. The van der Waals surface area contributed by atoms with Gasteiger partial charge in [-0.05, 0) is 22.3 Å². The number of fused-ring (bicyclic) bond motifs is 3. The van der Waals surface area contributed by atoms with Crippen LogP contribution in [-0.4, -0.2) is 121 Å². The van der Waals surface area contributed by atoms with E-state index >= 15 is 0 Å². The Morgan fingerprint density at radius 2 is 1.02 bits per heavy atom. The molecule has 1 aliphatic rings. The smallest absolute Gasteiger partial charge is 0.407 e. The van der Waals surface area contributed by atoms with Crippen LogP contribution < -0.4 is 21.3 Å². The number of carbonyl (C=O) groups excluding carboxylic acids is 4. The summed E-state index contributed by atoms with van der Waals surface area (Å²) in [5, 5.41) is 18.2. The number of rotatable bonds is 23. The number of carboxylic acids is 1. The number of hydrogen-bond donors (Lipinski definition) is 5. The molecule has 5 N–H and O–H groups in total. The molecule has 0 fully saturated rings. The van der Waals surface area contributed by atoms with E-state index < -0.39 is 29.8 Å². The lowest BCUT2D eigenvalue weighted by atomic mass is 9.98. The molecule has 4 amide bonds. The minimum atomic E-state index is -0.908. The van der Waals surface area contributed by atoms with E-state index in [-0.39, 0.29) is 58.3 Å². The molecule has 0 unspecified atom stereocenters. The van der Waals surface area contributed by atoms with E-state index in [2.05, 4.69) is 21.3 Å². The van der Waals surface area contributed by atoms with Crippen LogP contribution in [0, 0.1) is 0 Å². The maximum Gasteiger partial charge on any atom is 0.407 e. The second-order valence-corrected chi connectivity index (χ2v) is 10.2. The van der Waals surface area contributed by atoms with Crippen LogP contribution in [0.1, 0.15) is 23.5 Å². The zero-order chi connectivity index (χ0) is 33.7. The number of aliphatic carboxylic acids is 1. The Kier molecular flexibility index (Phi) is 16.7. The van der Waals surface area contributed by atoms with Crippen LogP contribution in [0.15, 0.2) is 48.5 Å². The van der Waals surface area contributed by atoms with Gasteiger partial charge in [0.05, 0.1) is 72.4 Å². The second-order valence-electron chi connectivity index (χ2n) is 10.2. The van der Waals surface area contributed by atoms with Crippen molar-refractivity contribution in [2.45, 2.75) is 12.3 Å².